The molecule has 0 spiro atoms. The molecular weight excluding hydrogens is 336 g/mol. The summed E-state index contributed by atoms with van der Waals surface area (Å²) in [6, 6.07) is 6.26. The predicted molar refractivity (Wildman–Crippen MR) is 102 cm³/mol. The van der Waals surface area contributed by atoms with Crippen LogP contribution in [0, 0.1) is 0 Å². The van der Waals surface area contributed by atoms with Gasteiger partial charge in [-0.15, -0.1) is 16.9 Å². The molecular formula is C19H28N2O3S. The number of aromatic amines is 1. The topological polar surface area (TPSA) is 68.1 Å². The fourth-order valence-electron chi connectivity index (χ4n) is 2.75. The van der Waals surface area contributed by atoms with E-state index in [0.29, 0.717) is 11.6 Å². The molecule has 0 aliphatic heterocycles. The van der Waals surface area contributed by atoms with E-state index in [9.17, 15) is 4.79 Å². The second kappa shape index (κ2) is 7.28. The number of H-pyrrole nitrogens is 1. The van der Waals surface area contributed by atoms with Crippen molar-refractivity contribution in [2.45, 2.75) is 70.5 Å². The standard InChI is InChI=1S/C19H28N2O3S/c1-12(25-11-15-20-21-17(22)24-15)23-14-10-8-9-13(18(2,3)4)16(14)19(5,6)7/h8-10,12H,11H2,1-7H3,(H,21,22). The fourth-order valence-corrected chi connectivity index (χ4v) is 3.42. The molecule has 0 amide bonds. The molecule has 5 nitrogen and oxygen atoms in total. The van der Waals surface area contributed by atoms with Crippen LogP contribution in [0.25, 0.3) is 0 Å². The maximum atomic E-state index is 11.0. The summed E-state index contributed by atoms with van der Waals surface area (Å²) in [6.45, 7) is 15.3. The second-order valence-electron chi connectivity index (χ2n) is 8.18. The minimum atomic E-state index is -0.530. The Bertz CT molecular complexity index is 766. The molecule has 0 saturated carbocycles. The number of benzene rings is 1. The van der Waals surface area contributed by atoms with E-state index in [-0.39, 0.29) is 16.3 Å². The molecule has 1 N–H and O–H groups in total. The smallest absolute Gasteiger partial charge is 0.434 e. The second-order valence-corrected chi connectivity index (χ2v) is 9.47. The summed E-state index contributed by atoms with van der Waals surface area (Å²) < 4.78 is 11.2. The third-order valence-electron chi connectivity index (χ3n) is 3.80. The van der Waals surface area contributed by atoms with Crippen molar-refractivity contribution in [3.8, 4) is 5.75 Å². The van der Waals surface area contributed by atoms with Crippen molar-refractivity contribution < 1.29 is 9.15 Å². The Morgan fingerprint density at radius 2 is 1.88 bits per heavy atom. The molecule has 6 heteroatoms. The first kappa shape index (κ1) is 19.6. The molecule has 1 atom stereocenters. The van der Waals surface area contributed by atoms with Gasteiger partial charge < -0.3 is 9.15 Å². The maximum Gasteiger partial charge on any atom is 0.434 e. The molecule has 0 aliphatic carbocycles. The van der Waals surface area contributed by atoms with Crippen LogP contribution < -0.4 is 10.5 Å². The highest BCUT2D eigenvalue weighted by Crippen LogP contribution is 2.40. The molecule has 1 unspecified atom stereocenters. The van der Waals surface area contributed by atoms with E-state index >= 15 is 0 Å². The third kappa shape index (κ3) is 5.14. The summed E-state index contributed by atoms with van der Waals surface area (Å²) >= 11 is 1.53. The number of nitrogens with zero attached hydrogens (tertiary/aromatic N) is 1. The van der Waals surface area contributed by atoms with E-state index in [4.69, 9.17) is 9.15 Å². The molecule has 0 fully saturated rings. The lowest BCUT2D eigenvalue weighted by Crippen LogP contribution is -2.24. The molecule has 1 heterocycles. The Kier molecular flexibility index (Phi) is 5.72. The van der Waals surface area contributed by atoms with Gasteiger partial charge in [-0.1, -0.05) is 53.7 Å². The fraction of sp³-hybridized carbons (Fsp3) is 0.579. The number of hydrogen-bond acceptors (Lipinski definition) is 5. The zero-order chi connectivity index (χ0) is 18.8. The van der Waals surface area contributed by atoms with E-state index in [2.05, 4.69) is 63.9 Å². The summed E-state index contributed by atoms with van der Waals surface area (Å²) in [5.41, 5.74) is 2.45. The van der Waals surface area contributed by atoms with Crippen molar-refractivity contribution in [1.82, 2.24) is 10.2 Å². The molecule has 0 saturated heterocycles. The quantitative estimate of drug-likeness (QED) is 0.784. The monoisotopic (exact) mass is 364 g/mol. The van der Waals surface area contributed by atoms with Crippen LogP contribution in [0.4, 0.5) is 0 Å². The average Bonchev–Trinajstić information content (AvgIpc) is 2.88. The molecule has 138 valence electrons. The van der Waals surface area contributed by atoms with Crippen LogP contribution in [0.3, 0.4) is 0 Å². The molecule has 0 bridgehead atoms. The Labute approximate surface area is 153 Å². The molecule has 2 aromatic rings. The Balaban J connectivity index is 2.22. The van der Waals surface area contributed by atoms with Gasteiger partial charge in [-0.25, -0.2) is 9.89 Å². The van der Waals surface area contributed by atoms with E-state index in [1.165, 1.54) is 22.9 Å². The van der Waals surface area contributed by atoms with Gasteiger partial charge in [0.2, 0.25) is 5.89 Å². The van der Waals surface area contributed by atoms with Gasteiger partial charge in [-0.2, -0.15) is 0 Å². The Morgan fingerprint density at radius 1 is 1.20 bits per heavy atom. The summed E-state index contributed by atoms with van der Waals surface area (Å²) in [4.78, 5) is 11.0. The molecule has 1 aromatic heterocycles. The van der Waals surface area contributed by atoms with Crippen LogP contribution >= 0.6 is 11.8 Å². The molecule has 2 rings (SSSR count). The first-order valence-electron chi connectivity index (χ1n) is 8.45. The number of thioether (sulfide) groups is 1. The molecule has 25 heavy (non-hydrogen) atoms. The van der Waals surface area contributed by atoms with Crippen LogP contribution in [-0.2, 0) is 16.6 Å². The van der Waals surface area contributed by atoms with Gasteiger partial charge in [0, 0.05) is 5.56 Å². The molecule has 0 radical (unpaired) electrons. The average molecular weight is 365 g/mol. The number of nitrogens with one attached hydrogen (secondary N) is 1. The zero-order valence-electron chi connectivity index (χ0n) is 16.1. The minimum Gasteiger partial charge on any atom is -0.480 e. The van der Waals surface area contributed by atoms with Gasteiger partial charge in [-0.05, 0) is 29.4 Å². The van der Waals surface area contributed by atoms with E-state index in [1.54, 1.807) is 0 Å². The highest BCUT2D eigenvalue weighted by Gasteiger charge is 2.29. The number of ether oxygens (including phenoxy) is 1. The lowest BCUT2D eigenvalue weighted by Gasteiger charge is -2.32. The van der Waals surface area contributed by atoms with Gasteiger partial charge in [0.1, 0.15) is 11.2 Å². The van der Waals surface area contributed by atoms with Gasteiger partial charge in [0.05, 0.1) is 5.75 Å². The van der Waals surface area contributed by atoms with Gasteiger partial charge in [0.15, 0.2) is 0 Å². The van der Waals surface area contributed by atoms with Crippen LogP contribution in [0.15, 0.2) is 27.4 Å². The van der Waals surface area contributed by atoms with E-state index in [1.807, 2.05) is 13.0 Å². The van der Waals surface area contributed by atoms with Gasteiger partial charge in [-0.3, -0.25) is 0 Å². The lowest BCUT2D eigenvalue weighted by molar-refractivity contribution is 0.297. The van der Waals surface area contributed by atoms with Crippen molar-refractivity contribution in [2.75, 3.05) is 0 Å². The summed E-state index contributed by atoms with van der Waals surface area (Å²) in [7, 11) is 0. The normalized spacial score (nSPS) is 13.7. The van der Waals surface area contributed by atoms with Crippen molar-refractivity contribution >= 4 is 11.8 Å². The van der Waals surface area contributed by atoms with Crippen LogP contribution in [-0.4, -0.2) is 15.6 Å². The van der Waals surface area contributed by atoms with Crippen molar-refractivity contribution in [3.63, 3.8) is 0 Å². The van der Waals surface area contributed by atoms with E-state index in [0.717, 1.165) is 5.75 Å². The van der Waals surface area contributed by atoms with Crippen LogP contribution in [0.1, 0.15) is 65.5 Å². The first-order chi connectivity index (χ1) is 11.5. The van der Waals surface area contributed by atoms with Crippen molar-refractivity contribution in [2.24, 2.45) is 0 Å². The SMILES string of the molecule is CC(Oc1cccc(C(C)(C)C)c1C(C)(C)C)SCc1n[nH]c(=O)o1. The number of aromatic nitrogens is 2. The first-order valence-corrected chi connectivity index (χ1v) is 9.50. The number of rotatable bonds is 5. The van der Waals surface area contributed by atoms with Crippen LogP contribution in [0.2, 0.25) is 0 Å². The molecule has 0 aliphatic rings. The van der Waals surface area contributed by atoms with E-state index < -0.39 is 5.76 Å². The minimum absolute atomic E-state index is 0.0292. The maximum absolute atomic E-state index is 11.0. The Morgan fingerprint density at radius 3 is 2.40 bits per heavy atom. The number of hydrogen-bond donors (Lipinski definition) is 1. The lowest BCUT2D eigenvalue weighted by atomic mass is 9.75. The highest BCUT2D eigenvalue weighted by molar-refractivity contribution is 7.98. The zero-order valence-corrected chi connectivity index (χ0v) is 16.9. The summed E-state index contributed by atoms with van der Waals surface area (Å²) in [5, 5.41) is 6.09. The van der Waals surface area contributed by atoms with Crippen LogP contribution in [0.5, 0.6) is 5.75 Å². The summed E-state index contributed by atoms with van der Waals surface area (Å²) in [5.74, 6) is 1.23. The van der Waals surface area contributed by atoms with Crippen molar-refractivity contribution in [3.05, 3.63) is 45.8 Å². The predicted octanol–water partition coefficient (Wildman–Crippen LogP) is 4.62. The van der Waals surface area contributed by atoms with Gasteiger partial charge in [0.25, 0.3) is 0 Å². The summed E-state index contributed by atoms with van der Waals surface area (Å²) in [6.07, 6.45) is 0. The highest BCUT2D eigenvalue weighted by atomic mass is 32.2. The Hall–Kier alpha value is -1.69. The largest absolute Gasteiger partial charge is 0.480 e. The molecule has 1 aromatic carbocycles. The van der Waals surface area contributed by atoms with Gasteiger partial charge >= 0.3 is 5.76 Å². The third-order valence-corrected chi connectivity index (χ3v) is 4.78. The van der Waals surface area contributed by atoms with Crippen molar-refractivity contribution in [1.29, 1.82) is 0 Å².